The van der Waals surface area contributed by atoms with Crippen LogP contribution in [0.15, 0.2) is 61.1 Å². The van der Waals surface area contributed by atoms with Crippen molar-refractivity contribution in [3.63, 3.8) is 0 Å². The minimum Gasteiger partial charge on any atom is -0.493 e. The molecule has 7 heteroatoms. The van der Waals surface area contributed by atoms with Crippen LogP contribution < -0.4 is 14.8 Å². The SMILES string of the molecule is COc1ccc(-c2cnc3c(NCc4ccc(F)cc4)nccn23)cc1OC. The van der Waals surface area contributed by atoms with E-state index in [1.54, 1.807) is 38.7 Å². The van der Waals surface area contributed by atoms with E-state index in [-0.39, 0.29) is 5.82 Å². The first-order chi connectivity index (χ1) is 13.7. The van der Waals surface area contributed by atoms with Gasteiger partial charge < -0.3 is 14.8 Å². The number of halogens is 1. The topological polar surface area (TPSA) is 60.7 Å². The van der Waals surface area contributed by atoms with Gasteiger partial charge in [-0.25, -0.2) is 14.4 Å². The Balaban J connectivity index is 1.66. The zero-order valence-electron chi connectivity index (χ0n) is 15.5. The number of ether oxygens (including phenoxy) is 2. The van der Waals surface area contributed by atoms with Crippen LogP contribution in [0, 0.1) is 5.82 Å². The van der Waals surface area contributed by atoms with E-state index in [9.17, 15) is 4.39 Å². The summed E-state index contributed by atoms with van der Waals surface area (Å²) < 4.78 is 25.7. The molecule has 0 aliphatic heterocycles. The first-order valence-corrected chi connectivity index (χ1v) is 8.72. The van der Waals surface area contributed by atoms with E-state index in [2.05, 4.69) is 15.3 Å². The molecular formula is C21H19FN4O2. The summed E-state index contributed by atoms with van der Waals surface area (Å²) in [5.41, 5.74) is 3.51. The van der Waals surface area contributed by atoms with E-state index >= 15 is 0 Å². The lowest BCUT2D eigenvalue weighted by Crippen LogP contribution is -2.04. The number of methoxy groups -OCH3 is 2. The van der Waals surface area contributed by atoms with E-state index in [1.807, 2.05) is 28.8 Å². The zero-order chi connectivity index (χ0) is 19.5. The highest BCUT2D eigenvalue weighted by molar-refractivity contribution is 5.72. The molecule has 0 saturated carbocycles. The van der Waals surface area contributed by atoms with Crippen LogP contribution in [-0.4, -0.2) is 28.6 Å². The molecule has 0 fully saturated rings. The molecule has 0 radical (unpaired) electrons. The fourth-order valence-electron chi connectivity index (χ4n) is 3.04. The standard InChI is InChI=1S/C21H19FN4O2/c1-27-18-8-5-15(11-19(18)28-2)17-13-25-21-20(23-9-10-26(17)21)24-12-14-3-6-16(22)7-4-14/h3-11,13H,12H2,1-2H3,(H,23,24). The van der Waals surface area contributed by atoms with Crippen LogP contribution in [-0.2, 0) is 6.54 Å². The van der Waals surface area contributed by atoms with Gasteiger partial charge in [-0.05, 0) is 35.9 Å². The maximum absolute atomic E-state index is 13.1. The molecule has 142 valence electrons. The molecule has 6 nitrogen and oxygen atoms in total. The van der Waals surface area contributed by atoms with Gasteiger partial charge in [0.1, 0.15) is 5.82 Å². The van der Waals surface area contributed by atoms with Gasteiger partial charge in [-0.15, -0.1) is 0 Å². The number of nitrogens with zero attached hydrogens (tertiary/aromatic N) is 3. The third-order valence-electron chi connectivity index (χ3n) is 4.48. The van der Waals surface area contributed by atoms with E-state index in [1.165, 1.54) is 12.1 Å². The largest absolute Gasteiger partial charge is 0.493 e. The van der Waals surface area contributed by atoms with E-state index in [4.69, 9.17) is 9.47 Å². The third kappa shape index (κ3) is 3.34. The van der Waals surface area contributed by atoms with Crippen LogP contribution in [0.2, 0.25) is 0 Å². The number of fused-ring (bicyclic) bond motifs is 1. The monoisotopic (exact) mass is 378 g/mol. The molecule has 4 rings (SSSR count). The maximum Gasteiger partial charge on any atom is 0.180 e. The lowest BCUT2D eigenvalue weighted by atomic mass is 10.1. The number of hydrogen-bond donors (Lipinski definition) is 1. The molecule has 1 N–H and O–H groups in total. The summed E-state index contributed by atoms with van der Waals surface area (Å²) in [4.78, 5) is 8.92. The van der Waals surface area contributed by atoms with Crippen molar-refractivity contribution in [3.05, 3.63) is 72.4 Å². The van der Waals surface area contributed by atoms with E-state index < -0.39 is 0 Å². The summed E-state index contributed by atoms with van der Waals surface area (Å²) in [5.74, 6) is 1.72. The predicted octanol–water partition coefficient (Wildman–Crippen LogP) is 4.16. The first kappa shape index (κ1) is 17.8. The second-order valence-corrected chi connectivity index (χ2v) is 6.16. The van der Waals surface area contributed by atoms with Gasteiger partial charge in [-0.3, -0.25) is 4.40 Å². The van der Waals surface area contributed by atoms with E-state index in [0.29, 0.717) is 29.5 Å². The van der Waals surface area contributed by atoms with Crippen molar-refractivity contribution in [2.45, 2.75) is 6.54 Å². The molecule has 0 aliphatic rings. The van der Waals surface area contributed by atoms with Crippen molar-refractivity contribution in [1.82, 2.24) is 14.4 Å². The number of anilines is 1. The van der Waals surface area contributed by atoms with Crippen molar-refractivity contribution < 1.29 is 13.9 Å². The Bertz CT molecular complexity index is 1110. The van der Waals surface area contributed by atoms with Crippen LogP contribution in [0.1, 0.15) is 5.56 Å². The van der Waals surface area contributed by atoms with Gasteiger partial charge in [0.15, 0.2) is 23.0 Å². The Hall–Kier alpha value is -3.61. The number of benzene rings is 2. The fraction of sp³-hybridized carbons (Fsp3) is 0.143. The quantitative estimate of drug-likeness (QED) is 0.546. The summed E-state index contributed by atoms with van der Waals surface area (Å²) >= 11 is 0. The lowest BCUT2D eigenvalue weighted by Gasteiger charge is -2.10. The van der Waals surface area contributed by atoms with Crippen LogP contribution in [0.5, 0.6) is 11.5 Å². The summed E-state index contributed by atoms with van der Waals surface area (Å²) in [7, 11) is 3.22. The lowest BCUT2D eigenvalue weighted by molar-refractivity contribution is 0.355. The molecule has 0 aliphatic carbocycles. The summed E-state index contributed by atoms with van der Waals surface area (Å²) in [6.07, 6.45) is 5.37. The normalized spacial score (nSPS) is 10.8. The minimum atomic E-state index is -0.253. The van der Waals surface area contributed by atoms with Gasteiger partial charge in [-0.2, -0.15) is 0 Å². The highest BCUT2D eigenvalue weighted by atomic mass is 19.1. The highest BCUT2D eigenvalue weighted by Crippen LogP contribution is 2.33. The molecule has 2 aromatic heterocycles. The summed E-state index contributed by atoms with van der Waals surface area (Å²) in [6, 6.07) is 12.1. The Labute approximate surface area is 161 Å². The Kier molecular flexibility index (Phi) is 4.80. The molecule has 28 heavy (non-hydrogen) atoms. The predicted molar refractivity (Wildman–Crippen MR) is 105 cm³/mol. The van der Waals surface area contributed by atoms with Gasteiger partial charge in [0, 0.05) is 24.5 Å². The molecule has 0 spiro atoms. The number of imidazole rings is 1. The molecule has 0 unspecified atom stereocenters. The van der Waals surface area contributed by atoms with Crippen molar-refractivity contribution in [3.8, 4) is 22.8 Å². The molecule has 0 amide bonds. The molecule has 2 heterocycles. The molecule has 2 aromatic carbocycles. The van der Waals surface area contributed by atoms with Crippen LogP contribution in [0.25, 0.3) is 16.9 Å². The Morgan fingerprint density at radius 2 is 1.79 bits per heavy atom. The molecular weight excluding hydrogens is 359 g/mol. The van der Waals surface area contributed by atoms with Gasteiger partial charge >= 0.3 is 0 Å². The van der Waals surface area contributed by atoms with Crippen LogP contribution in [0.3, 0.4) is 0 Å². The highest BCUT2D eigenvalue weighted by Gasteiger charge is 2.13. The molecule has 0 bridgehead atoms. The molecule has 0 atom stereocenters. The van der Waals surface area contributed by atoms with Crippen molar-refractivity contribution >= 4 is 11.5 Å². The number of rotatable bonds is 6. The first-order valence-electron chi connectivity index (χ1n) is 8.72. The molecule has 4 aromatic rings. The second kappa shape index (κ2) is 7.56. The van der Waals surface area contributed by atoms with E-state index in [0.717, 1.165) is 16.8 Å². The van der Waals surface area contributed by atoms with Crippen molar-refractivity contribution in [2.24, 2.45) is 0 Å². The van der Waals surface area contributed by atoms with Crippen LogP contribution >= 0.6 is 0 Å². The van der Waals surface area contributed by atoms with Crippen molar-refractivity contribution in [1.29, 1.82) is 0 Å². The van der Waals surface area contributed by atoms with Gasteiger partial charge in [0.05, 0.1) is 26.1 Å². The number of aromatic nitrogens is 3. The number of nitrogens with one attached hydrogen (secondary N) is 1. The molecule has 0 saturated heterocycles. The number of hydrogen-bond acceptors (Lipinski definition) is 5. The average molecular weight is 378 g/mol. The summed E-state index contributed by atoms with van der Waals surface area (Å²) in [5, 5.41) is 3.27. The second-order valence-electron chi connectivity index (χ2n) is 6.16. The fourth-order valence-corrected chi connectivity index (χ4v) is 3.04. The van der Waals surface area contributed by atoms with Gasteiger partial charge in [-0.1, -0.05) is 12.1 Å². The van der Waals surface area contributed by atoms with Gasteiger partial charge in [0.25, 0.3) is 0 Å². The van der Waals surface area contributed by atoms with Crippen LogP contribution in [0.4, 0.5) is 10.2 Å². The third-order valence-corrected chi connectivity index (χ3v) is 4.48. The average Bonchev–Trinajstić information content (AvgIpc) is 3.17. The summed E-state index contributed by atoms with van der Waals surface area (Å²) in [6.45, 7) is 0.519. The Morgan fingerprint density at radius 3 is 2.54 bits per heavy atom. The van der Waals surface area contributed by atoms with Crippen molar-refractivity contribution in [2.75, 3.05) is 19.5 Å². The zero-order valence-corrected chi connectivity index (χ0v) is 15.5. The minimum absolute atomic E-state index is 0.253. The smallest absolute Gasteiger partial charge is 0.180 e. The van der Waals surface area contributed by atoms with Gasteiger partial charge in [0.2, 0.25) is 0 Å². The maximum atomic E-state index is 13.1. The Morgan fingerprint density at radius 1 is 1.00 bits per heavy atom.